The van der Waals surface area contributed by atoms with Crippen molar-refractivity contribution < 1.29 is 4.39 Å². The van der Waals surface area contributed by atoms with Crippen LogP contribution in [-0.4, -0.2) is 9.78 Å². The van der Waals surface area contributed by atoms with E-state index >= 15 is 0 Å². The van der Waals surface area contributed by atoms with Gasteiger partial charge >= 0.3 is 0 Å². The lowest BCUT2D eigenvalue weighted by atomic mass is 10.2. The number of anilines is 1. The Labute approximate surface area is 114 Å². The molecule has 2 N–H and O–H groups in total. The number of fused-ring (bicyclic) bond motifs is 1. The van der Waals surface area contributed by atoms with E-state index in [1.165, 1.54) is 12.1 Å². The summed E-state index contributed by atoms with van der Waals surface area (Å²) >= 11 is 6.07. The van der Waals surface area contributed by atoms with Gasteiger partial charge in [-0.15, -0.1) is 0 Å². The molecule has 0 saturated carbocycles. The summed E-state index contributed by atoms with van der Waals surface area (Å²) in [7, 11) is 0. The normalized spacial score (nSPS) is 11.1. The highest BCUT2D eigenvalue weighted by Crippen LogP contribution is 2.23. The van der Waals surface area contributed by atoms with E-state index in [0.717, 1.165) is 10.9 Å². The van der Waals surface area contributed by atoms with E-state index in [9.17, 15) is 4.39 Å². The molecule has 5 heteroatoms. The van der Waals surface area contributed by atoms with E-state index < -0.39 is 0 Å². The highest BCUT2D eigenvalue weighted by molar-refractivity contribution is 6.31. The summed E-state index contributed by atoms with van der Waals surface area (Å²) in [6, 6.07) is 11.9. The minimum atomic E-state index is -0.316. The zero-order valence-corrected chi connectivity index (χ0v) is 10.7. The SMILES string of the molecule is Nc1nn(Cc2cc(F)ccc2Cl)c2ccccc12. The highest BCUT2D eigenvalue weighted by Gasteiger charge is 2.09. The second-order valence-corrected chi connectivity index (χ2v) is 4.70. The Hall–Kier alpha value is -2.07. The molecule has 0 radical (unpaired) electrons. The molecule has 0 aliphatic heterocycles. The molecule has 19 heavy (non-hydrogen) atoms. The van der Waals surface area contributed by atoms with Crippen molar-refractivity contribution in [1.82, 2.24) is 9.78 Å². The molecular formula is C14H11ClFN3. The maximum Gasteiger partial charge on any atom is 0.153 e. The molecule has 1 aromatic heterocycles. The first-order valence-electron chi connectivity index (χ1n) is 5.80. The summed E-state index contributed by atoms with van der Waals surface area (Å²) in [5.41, 5.74) is 7.44. The van der Waals surface area contributed by atoms with Crippen LogP contribution >= 0.6 is 11.6 Å². The van der Waals surface area contributed by atoms with Crippen LogP contribution in [0.4, 0.5) is 10.2 Å². The van der Waals surface area contributed by atoms with Crippen molar-refractivity contribution in [3.63, 3.8) is 0 Å². The molecule has 0 aliphatic rings. The van der Waals surface area contributed by atoms with Gasteiger partial charge in [-0.05, 0) is 35.9 Å². The molecule has 0 unspecified atom stereocenters. The topological polar surface area (TPSA) is 43.8 Å². The highest BCUT2D eigenvalue weighted by atomic mass is 35.5. The van der Waals surface area contributed by atoms with Crippen molar-refractivity contribution in [1.29, 1.82) is 0 Å². The monoisotopic (exact) mass is 275 g/mol. The number of aromatic nitrogens is 2. The third-order valence-electron chi connectivity index (χ3n) is 3.01. The van der Waals surface area contributed by atoms with Crippen molar-refractivity contribution in [2.75, 3.05) is 5.73 Å². The van der Waals surface area contributed by atoms with Crippen molar-refractivity contribution in [2.45, 2.75) is 6.54 Å². The Kier molecular flexibility index (Phi) is 2.87. The number of benzene rings is 2. The van der Waals surface area contributed by atoms with Gasteiger partial charge in [-0.1, -0.05) is 23.7 Å². The summed E-state index contributed by atoms with van der Waals surface area (Å²) in [6.07, 6.45) is 0. The zero-order valence-electron chi connectivity index (χ0n) is 9.98. The summed E-state index contributed by atoms with van der Waals surface area (Å²) in [5.74, 6) is 0.145. The molecule has 0 spiro atoms. The Bertz CT molecular complexity index is 752. The van der Waals surface area contributed by atoms with Crippen LogP contribution in [0.15, 0.2) is 42.5 Å². The van der Waals surface area contributed by atoms with Gasteiger partial charge in [-0.25, -0.2) is 4.39 Å². The number of hydrogen-bond acceptors (Lipinski definition) is 2. The van der Waals surface area contributed by atoms with Crippen LogP contribution in [0.25, 0.3) is 10.9 Å². The summed E-state index contributed by atoms with van der Waals surface area (Å²) in [4.78, 5) is 0. The molecule has 0 atom stereocenters. The molecule has 3 aromatic rings. The van der Waals surface area contributed by atoms with E-state index in [2.05, 4.69) is 5.10 Å². The second kappa shape index (κ2) is 4.55. The zero-order chi connectivity index (χ0) is 13.4. The van der Waals surface area contributed by atoms with Crippen LogP contribution in [0.3, 0.4) is 0 Å². The van der Waals surface area contributed by atoms with E-state index in [4.69, 9.17) is 17.3 Å². The molecule has 0 amide bonds. The van der Waals surface area contributed by atoms with Gasteiger partial charge in [0.1, 0.15) is 5.82 Å². The molecule has 0 bridgehead atoms. The third-order valence-corrected chi connectivity index (χ3v) is 3.38. The molecule has 96 valence electrons. The van der Waals surface area contributed by atoms with Gasteiger partial charge in [0.25, 0.3) is 0 Å². The number of hydrogen-bond donors (Lipinski definition) is 1. The Morgan fingerprint density at radius 1 is 1.21 bits per heavy atom. The van der Waals surface area contributed by atoms with Crippen LogP contribution in [0.1, 0.15) is 5.56 Å². The average Bonchev–Trinajstić information content (AvgIpc) is 2.72. The molecular weight excluding hydrogens is 265 g/mol. The van der Waals surface area contributed by atoms with E-state index in [1.54, 1.807) is 10.7 Å². The van der Waals surface area contributed by atoms with Gasteiger partial charge in [0.05, 0.1) is 12.1 Å². The Balaban J connectivity index is 2.08. The van der Waals surface area contributed by atoms with Gasteiger partial charge < -0.3 is 5.73 Å². The maximum atomic E-state index is 13.3. The van der Waals surface area contributed by atoms with Crippen LogP contribution in [-0.2, 0) is 6.54 Å². The predicted molar refractivity (Wildman–Crippen MR) is 74.7 cm³/mol. The van der Waals surface area contributed by atoms with Crippen LogP contribution in [0.5, 0.6) is 0 Å². The van der Waals surface area contributed by atoms with Gasteiger partial charge in [0.2, 0.25) is 0 Å². The number of nitrogens with two attached hydrogens (primary N) is 1. The van der Waals surface area contributed by atoms with Crippen LogP contribution < -0.4 is 5.73 Å². The molecule has 0 fully saturated rings. The standard InChI is InChI=1S/C14H11ClFN3/c15-12-6-5-10(16)7-9(12)8-19-13-4-2-1-3-11(13)14(17)18-19/h1-7H,8H2,(H2,17,18). The molecule has 2 aromatic carbocycles. The fourth-order valence-corrected chi connectivity index (χ4v) is 2.28. The number of rotatable bonds is 2. The van der Waals surface area contributed by atoms with Crippen LogP contribution in [0.2, 0.25) is 5.02 Å². The average molecular weight is 276 g/mol. The summed E-state index contributed by atoms with van der Waals surface area (Å²) in [6.45, 7) is 0.383. The fourth-order valence-electron chi connectivity index (χ4n) is 2.10. The first kappa shape index (κ1) is 12.0. The van der Waals surface area contributed by atoms with E-state index in [1.807, 2.05) is 24.3 Å². The molecule has 3 nitrogen and oxygen atoms in total. The lowest BCUT2D eigenvalue weighted by Gasteiger charge is -2.06. The number of para-hydroxylation sites is 1. The lowest BCUT2D eigenvalue weighted by Crippen LogP contribution is -2.03. The van der Waals surface area contributed by atoms with Crippen molar-refractivity contribution >= 4 is 28.3 Å². The smallest absolute Gasteiger partial charge is 0.153 e. The predicted octanol–water partition coefficient (Wildman–Crippen LogP) is 3.46. The third kappa shape index (κ3) is 2.15. The Morgan fingerprint density at radius 3 is 2.84 bits per heavy atom. The quantitative estimate of drug-likeness (QED) is 0.778. The molecule has 1 heterocycles. The van der Waals surface area contributed by atoms with Crippen molar-refractivity contribution in [3.8, 4) is 0 Å². The van der Waals surface area contributed by atoms with Crippen molar-refractivity contribution in [2.24, 2.45) is 0 Å². The minimum Gasteiger partial charge on any atom is -0.382 e. The minimum absolute atomic E-state index is 0.316. The Morgan fingerprint density at radius 2 is 2.00 bits per heavy atom. The van der Waals surface area contributed by atoms with Gasteiger partial charge in [0.15, 0.2) is 5.82 Å². The van der Waals surface area contributed by atoms with Gasteiger partial charge in [-0.2, -0.15) is 5.10 Å². The van der Waals surface area contributed by atoms with Crippen molar-refractivity contribution in [3.05, 3.63) is 58.9 Å². The number of nitrogens with zero attached hydrogens (tertiary/aromatic N) is 2. The largest absolute Gasteiger partial charge is 0.382 e. The second-order valence-electron chi connectivity index (χ2n) is 4.30. The number of nitrogen functional groups attached to an aromatic ring is 1. The van der Waals surface area contributed by atoms with E-state index in [0.29, 0.717) is 22.9 Å². The van der Waals surface area contributed by atoms with Gasteiger partial charge in [0, 0.05) is 10.4 Å². The first-order chi connectivity index (χ1) is 9.15. The molecule has 3 rings (SSSR count). The number of halogens is 2. The van der Waals surface area contributed by atoms with E-state index in [-0.39, 0.29) is 5.82 Å². The van der Waals surface area contributed by atoms with Gasteiger partial charge in [-0.3, -0.25) is 4.68 Å². The molecule has 0 saturated heterocycles. The molecule has 0 aliphatic carbocycles. The summed E-state index contributed by atoms with van der Waals surface area (Å²) in [5, 5.41) is 5.67. The fraction of sp³-hybridized carbons (Fsp3) is 0.0714. The first-order valence-corrected chi connectivity index (χ1v) is 6.18. The van der Waals surface area contributed by atoms with Crippen LogP contribution in [0, 0.1) is 5.82 Å². The lowest BCUT2D eigenvalue weighted by molar-refractivity contribution is 0.621. The maximum absolute atomic E-state index is 13.3. The summed E-state index contributed by atoms with van der Waals surface area (Å²) < 4.78 is 15.0.